The Morgan fingerprint density at radius 1 is 1.26 bits per heavy atom. The molecular formula is C15H19ClN2O4S. The Morgan fingerprint density at radius 2 is 2.00 bits per heavy atom. The highest BCUT2D eigenvalue weighted by Crippen LogP contribution is 2.22. The normalized spacial score (nSPS) is 10.0. The van der Waals surface area contributed by atoms with E-state index >= 15 is 0 Å². The Balaban J connectivity index is 2.35. The molecule has 0 atom stereocenters. The molecule has 0 bridgehead atoms. The van der Waals surface area contributed by atoms with Gasteiger partial charge < -0.3 is 20.1 Å². The minimum atomic E-state index is -0.457. The van der Waals surface area contributed by atoms with Crippen molar-refractivity contribution in [3.63, 3.8) is 0 Å². The van der Waals surface area contributed by atoms with Crippen molar-refractivity contribution in [3.8, 4) is 0 Å². The molecule has 2 N–H and O–H groups in total. The zero-order valence-corrected chi connectivity index (χ0v) is 14.6. The van der Waals surface area contributed by atoms with E-state index in [0.717, 1.165) is 5.56 Å². The third-order valence-corrected chi connectivity index (χ3v) is 3.49. The monoisotopic (exact) mass is 358 g/mol. The van der Waals surface area contributed by atoms with Gasteiger partial charge in [0, 0.05) is 24.2 Å². The molecule has 1 rings (SSSR count). The first-order chi connectivity index (χ1) is 10.9. The van der Waals surface area contributed by atoms with Crippen LogP contribution in [-0.2, 0) is 19.1 Å². The van der Waals surface area contributed by atoms with Crippen LogP contribution < -0.4 is 10.6 Å². The summed E-state index contributed by atoms with van der Waals surface area (Å²) in [6.07, 6.45) is -0.0312. The number of carbonyl (C=O) groups is 2. The fourth-order valence-electron chi connectivity index (χ4n) is 1.61. The van der Waals surface area contributed by atoms with Crippen molar-refractivity contribution in [3.05, 3.63) is 28.8 Å². The fourth-order valence-corrected chi connectivity index (χ4v) is 2.01. The number of hydrogen-bond acceptors (Lipinski definition) is 5. The molecule has 6 nitrogen and oxygen atoms in total. The summed E-state index contributed by atoms with van der Waals surface area (Å²) >= 11 is 11.1. The number of carbonyl (C=O) groups excluding carboxylic acids is 2. The highest BCUT2D eigenvalue weighted by molar-refractivity contribution is 7.80. The highest BCUT2D eigenvalue weighted by atomic mass is 35.5. The maximum absolute atomic E-state index is 11.7. The lowest BCUT2D eigenvalue weighted by Gasteiger charge is -2.12. The molecule has 0 saturated carbocycles. The van der Waals surface area contributed by atoms with Crippen molar-refractivity contribution in [1.82, 2.24) is 5.32 Å². The number of hydrogen-bond donors (Lipinski definition) is 2. The van der Waals surface area contributed by atoms with Crippen LogP contribution in [0.4, 0.5) is 5.69 Å². The van der Waals surface area contributed by atoms with Crippen LogP contribution in [0.2, 0.25) is 5.02 Å². The van der Waals surface area contributed by atoms with Crippen molar-refractivity contribution in [2.45, 2.75) is 19.8 Å². The van der Waals surface area contributed by atoms with Crippen molar-refractivity contribution in [2.24, 2.45) is 0 Å². The van der Waals surface area contributed by atoms with Crippen LogP contribution in [0.3, 0.4) is 0 Å². The van der Waals surface area contributed by atoms with Crippen LogP contribution in [0.15, 0.2) is 18.2 Å². The molecule has 0 aliphatic rings. The van der Waals surface area contributed by atoms with Gasteiger partial charge in [-0.2, -0.15) is 0 Å². The molecule has 8 heteroatoms. The van der Waals surface area contributed by atoms with Gasteiger partial charge in [0.1, 0.15) is 6.61 Å². The highest BCUT2D eigenvalue weighted by Gasteiger charge is 2.10. The molecule has 0 spiro atoms. The molecule has 23 heavy (non-hydrogen) atoms. The molecule has 0 fully saturated rings. The van der Waals surface area contributed by atoms with E-state index in [4.69, 9.17) is 33.3 Å². The summed E-state index contributed by atoms with van der Waals surface area (Å²) in [5.41, 5.74) is 1.54. The number of benzene rings is 1. The summed E-state index contributed by atoms with van der Waals surface area (Å²) in [6, 6.07) is 5.34. The molecule has 0 radical (unpaired) electrons. The van der Waals surface area contributed by atoms with Gasteiger partial charge in [0.2, 0.25) is 5.91 Å². The number of amides is 1. The molecular weight excluding hydrogens is 340 g/mol. The zero-order chi connectivity index (χ0) is 17.2. The summed E-state index contributed by atoms with van der Waals surface area (Å²) in [5.74, 6) is -0.826. The Bertz CT molecular complexity index is 581. The smallest absolute Gasteiger partial charge is 0.306 e. The van der Waals surface area contributed by atoms with E-state index in [1.165, 1.54) is 7.11 Å². The van der Waals surface area contributed by atoms with Gasteiger partial charge in [0.15, 0.2) is 5.11 Å². The van der Waals surface area contributed by atoms with Crippen LogP contribution in [0, 0.1) is 6.92 Å². The maximum atomic E-state index is 11.7. The van der Waals surface area contributed by atoms with Crippen molar-refractivity contribution >= 4 is 46.5 Å². The molecule has 0 saturated heterocycles. The van der Waals surface area contributed by atoms with Gasteiger partial charge in [-0.05, 0) is 36.8 Å². The Labute approximate surface area is 145 Å². The molecule has 0 unspecified atom stereocenters. The summed E-state index contributed by atoms with van der Waals surface area (Å²) in [5, 5.41) is 6.14. The first kappa shape index (κ1) is 19.3. The first-order valence-corrected chi connectivity index (χ1v) is 7.73. The average Bonchev–Trinajstić information content (AvgIpc) is 2.50. The van der Waals surface area contributed by atoms with Crippen molar-refractivity contribution < 1.29 is 19.1 Å². The predicted octanol–water partition coefficient (Wildman–Crippen LogP) is 2.43. The molecule has 0 aliphatic carbocycles. The van der Waals surface area contributed by atoms with Crippen LogP contribution >= 0.6 is 23.8 Å². The van der Waals surface area contributed by atoms with Crippen LogP contribution in [0.5, 0.6) is 0 Å². The van der Waals surface area contributed by atoms with E-state index in [2.05, 4.69) is 10.6 Å². The Kier molecular flexibility index (Phi) is 8.53. The zero-order valence-electron chi connectivity index (χ0n) is 13.0. The van der Waals surface area contributed by atoms with Crippen molar-refractivity contribution in [1.29, 1.82) is 0 Å². The summed E-state index contributed by atoms with van der Waals surface area (Å²) in [7, 11) is 1.51. The standard InChI is InChI=1S/C15H19ClN2O4S/c1-10-11(16)4-3-5-12(10)17-15(23)18-13(19)6-7-14(20)22-9-8-21-2/h3-5H,6-9H2,1-2H3,(H2,17,18,19,23). The summed E-state index contributed by atoms with van der Waals surface area (Å²) in [4.78, 5) is 23.1. The second-order valence-electron chi connectivity index (χ2n) is 4.63. The number of anilines is 1. The SMILES string of the molecule is COCCOC(=O)CCC(=O)NC(=S)Nc1cccc(Cl)c1C. The van der Waals surface area contributed by atoms with E-state index in [9.17, 15) is 9.59 Å². The molecule has 1 aromatic rings. The molecule has 1 aromatic carbocycles. The van der Waals surface area contributed by atoms with E-state index in [-0.39, 0.29) is 30.5 Å². The largest absolute Gasteiger partial charge is 0.463 e. The van der Waals surface area contributed by atoms with Gasteiger partial charge in [-0.3, -0.25) is 9.59 Å². The van der Waals surface area contributed by atoms with E-state index in [1.54, 1.807) is 18.2 Å². The molecule has 1 amide bonds. The topological polar surface area (TPSA) is 76.7 Å². The predicted molar refractivity (Wildman–Crippen MR) is 92.6 cm³/mol. The Morgan fingerprint density at radius 3 is 2.70 bits per heavy atom. The first-order valence-electron chi connectivity index (χ1n) is 6.94. The second kappa shape index (κ2) is 10.1. The lowest BCUT2D eigenvalue weighted by molar-refractivity contribution is -0.146. The number of halogens is 1. The summed E-state index contributed by atoms with van der Waals surface area (Å²) in [6.45, 7) is 2.33. The van der Waals surface area contributed by atoms with Gasteiger partial charge >= 0.3 is 5.97 Å². The van der Waals surface area contributed by atoms with Gasteiger partial charge in [-0.15, -0.1) is 0 Å². The molecule has 0 aliphatic heterocycles. The number of rotatable bonds is 7. The number of nitrogens with one attached hydrogen (secondary N) is 2. The Hall–Kier alpha value is -1.70. The third-order valence-electron chi connectivity index (χ3n) is 2.88. The van der Waals surface area contributed by atoms with E-state index < -0.39 is 5.97 Å². The minimum Gasteiger partial charge on any atom is -0.463 e. The third kappa shape index (κ3) is 7.40. The van der Waals surface area contributed by atoms with Gasteiger partial charge in [0.25, 0.3) is 0 Å². The van der Waals surface area contributed by atoms with Crippen LogP contribution in [-0.4, -0.2) is 37.3 Å². The lowest BCUT2D eigenvalue weighted by atomic mass is 10.2. The molecule has 126 valence electrons. The fraction of sp³-hybridized carbons (Fsp3) is 0.400. The van der Waals surface area contributed by atoms with Crippen LogP contribution in [0.1, 0.15) is 18.4 Å². The maximum Gasteiger partial charge on any atom is 0.306 e. The summed E-state index contributed by atoms with van der Waals surface area (Å²) < 4.78 is 9.61. The lowest BCUT2D eigenvalue weighted by Crippen LogP contribution is -2.34. The van der Waals surface area contributed by atoms with E-state index in [0.29, 0.717) is 17.3 Å². The quantitative estimate of drug-likeness (QED) is 0.443. The van der Waals surface area contributed by atoms with Gasteiger partial charge in [0.05, 0.1) is 13.0 Å². The second-order valence-corrected chi connectivity index (χ2v) is 5.44. The van der Waals surface area contributed by atoms with E-state index in [1.807, 2.05) is 6.92 Å². The average molecular weight is 359 g/mol. The number of thiocarbonyl (C=S) groups is 1. The van der Waals surface area contributed by atoms with Crippen LogP contribution in [0.25, 0.3) is 0 Å². The van der Waals surface area contributed by atoms with Gasteiger partial charge in [-0.25, -0.2) is 0 Å². The van der Waals surface area contributed by atoms with Gasteiger partial charge in [-0.1, -0.05) is 17.7 Å². The molecule has 0 heterocycles. The van der Waals surface area contributed by atoms with Crippen molar-refractivity contribution in [2.75, 3.05) is 25.6 Å². The number of ether oxygens (including phenoxy) is 2. The number of esters is 1. The molecule has 0 aromatic heterocycles. The minimum absolute atomic E-state index is 0.0117. The number of methoxy groups -OCH3 is 1.